The molecule has 2 aromatic rings. The summed E-state index contributed by atoms with van der Waals surface area (Å²) in [6.45, 7) is 3.23. The molecule has 146 valence electrons. The highest BCUT2D eigenvalue weighted by atomic mass is 127. The van der Waals surface area contributed by atoms with Gasteiger partial charge in [0.25, 0.3) is 0 Å². The van der Waals surface area contributed by atoms with E-state index >= 15 is 0 Å². The van der Waals surface area contributed by atoms with Crippen LogP contribution in [0.5, 0.6) is 11.5 Å². The van der Waals surface area contributed by atoms with Gasteiger partial charge in [0.05, 0.1) is 13.7 Å². The number of hydrogen-bond acceptors (Lipinski definition) is 3. The van der Waals surface area contributed by atoms with Crippen LogP contribution in [0.15, 0.2) is 47.5 Å². The van der Waals surface area contributed by atoms with E-state index in [4.69, 9.17) is 15.2 Å². The van der Waals surface area contributed by atoms with Gasteiger partial charge < -0.3 is 20.5 Å². The Morgan fingerprint density at radius 3 is 2.67 bits per heavy atom. The number of anilines is 1. The maximum absolute atomic E-state index is 6.03. The molecule has 2 aromatic carbocycles. The van der Waals surface area contributed by atoms with Crippen molar-refractivity contribution in [1.29, 1.82) is 0 Å². The summed E-state index contributed by atoms with van der Waals surface area (Å²) in [6, 6.07) is 14.1. The SMILES string of the molecule is COc1ccccc1OCC(C)CN=C(N)Nc1ccc2c(c1)CCC2.I. The number of fused-ring (bicyclic) bond motifs is 1. The van der Waals surface area contributed by atoms with E-state index < -0.39 is 0 Å². The van der Waals surface area contributed by atoms with Gasteiger partial charge in [-0.1, -0.05) is 25.1 Å². The van der Waals surface area contributed by atoms with Crippen LogP contribution in [0.3, 0.4) is 0 Å². The maximum Gasteiger partial charge on any atom is 0.193 e. The third kappa shape index (κ3) is 6.02. The Morgan fingerprint density at radius 1 is 1.15 bits per heavy atom. The first kappa shape index (κ1) is 21.3. The van der Waals surface area contributed by atoms with Crippen LogP contribution in [0.25, 0.3) is 0 Å². The van der Waals surface area contributed by atoms with E-state index in [1.54, 1.807) is 7.11 Å². The number of benzene rings is 2. The van der Waals surface area contributed by atoms with Crippen LogP contribution in [-0.4, -0.2) is 26.2 Å². The van der Waals surface area contributed by atoms with Gasteiger partial charge in [-0.2, -0.15) is 0 Å². The smallest absolute Gasteiger partial charge is 0.193 e. The summed E-state index contributed by atoms with van der Waals surface area (Å²) in [5.74, 6) is 2.16. The monoisotopic (exact) mass is 481 g/mol. The molecule has 6 heteroatoms. The van der Waals surface area contributed by atoms with Gasteiger partial charge >= 0.3 is 0 Å². The molecule has 0 radical (unpaired) electrons. The van der Waals surface area contributed by atoms with Crippen LogP contribution in [0.2, 0.25) is 0 Å². The summed E-state index contributed by atoms with van der Waals surface area (Å²) >= 11 is 0. The molecule has 1 atom stereocenters. The fourth-order valence-electron chi connectivity index (χ4n) is 3.11. The number of methoxy groups -OCH3 is 1. The topological polar surface area (TPSA) is 68.9 Å². The van der Waals surface area contributed by atoms with Crippen molar-refractivity contribution in [3.05, 3.63) is 53.6 Å². The van der Waals surface area contributed by atoms with E-state index in [1.165, 1.54) is 24.0 Å². The Hall–Kier alpha value is -1.96. The van der Waals surface area contributed by atoms with Crippen LogP contribution in [0, 0.1) is 5.92 Å². The number of aryl methyl sites for hydroxylation is 2. The normalized spacial score (nSPS) is 14.1. The average molecular weight is 481 g/mol. The second kappa shape index (κ2) is 10.4. The molecule has 27 heavy (non-hydrogen) atoms. The van der Waals surface area contributed by atoms with E-state index in [0.29, 0.717) is 19.1 Å². The number of para-hydroxylation sites is 2. The zero-order chi connectivity index (χ0) is 18.4. The molecule has 0 saturated carbocycles. The molecule has 0 heterocycles. The van der Waals surface area contributed by atoms with Crippen molar-refractivity contribution in [3.63, 3.8) is 0 Å². The Bertz CT molecular complexity index is 780. The second-order valence-electron chi connectivity index (χ2n) is 6.76. The van der Waals surface area contributed by atoms with E-state index in [0.717, 1.165) is 23.6 Å². The molecule has 0 amide bonds. The van der Waals surface area contributed by atoms with Gasteiger partial charge in [-0.25, -0.2) is 0 Å². The summed E-state index contributed by atoms with van der Waals surface area (Å²) in [7, 11) is 1.64. The van der Waals surface area contributed by atoms with E-state index in [1.807, 2.05) is 24.3 Å². The highest BCUT2D eigenvalue weighted by Crippen LogP contribution is 2.26. The van der Waals surface area contributed by atoms with Crippen LogP contribution < -0.4 is 20.5 Å². The lowest BCUT2D eigenvalue weighted by molar-refractivity contribution is 0.251. The highest BCUT2D eigenvalue weighted by Gasteiger charge is 2.11. The van der Waals surface area contributed by atoms with Gasteiger partial charge in [-0.05, 0) is 54.7 Å². The predicted molar refractivity (Wildman–Crippen MR) is 122 cm³/mol. The highest BCUT2D eigenvalue weighted by molar-refractivity contribution is 14.0. The van der Waals surface area contributed by atoms with Gasteiger partial charge in [-0.15, -0.1) is 24.0 Å². The molecule has 1 aliphatic carbocycles. The molecule has 0 aliphatic heterocycles. The standard InChI is InChI=1S/C21H27N3O2.HI/c1-15(14-26-20-9-4-3-8-19(20)25-2)13-23-21(22)24-18-11-10-16-6-5-7-17(16)12-18;/h3-4,8-12,15H,5-7,13-14H2,1-2H3,(H3,22,23,24);1H. The van der Waals surface area contributed by atoms with Crippen molar-refractivity contribution >= 4 is 35.6 Å². The number of nitrogens with two attached hydrogens (primary N) is 1. The average Bonchev–Trinajstić information content (AvgIpc) is 3.12. The number of halogens is 1. The molecule has 0 bridgehead atoms. The molecular formula is C21H28IN3O2. The Balaban J connectivity index is 0.00000261. The largest absolute Gasteiger partial charge is 0.493 e. The first-order valence-corrected chi connectivity index (χ1v) is 9.10. The molecule has 5 nitrogen and oxygen atoms in total. The Kier molecular flexibility index (Phi) is 8.22. The van der Waals surface area contributed by atoms with Gasteiger partial charge in [0.15, 0.2) is 17.5 Å². The maximum atomic E-state index is 6.03. The van der Waals surface area contributed by atoms with Crippen LogP contribution in [0.4, 0.5) is 5.69 Å². The third-order valence-corrected chi connectivity index (χ3v) is 4.54. The lowest BCUT2D eigenvalue weighted by atomic mass is 10.1. The van der Waals surface area contributed by atoms with Crippen molar-refractivity contribution in [3.8, 4) is 11.5 Å². The van der Waals surface area contributed by atoms with Gasteiger partial charge in [0.2, 0.25) is 0 Å². The van der Waals surface area contributed by atoms with Crippen LogP contribution in [-0.2, 0) is 12.8 Å². The second-order valence-corrected chi connectivity index (χ2v) is 6.76. The van der Waals surface area contributed by atoms with E-state index in [-0.39, 0.29) is 29.9 Å². The first-order chi connectivity index (χ1) is 12.7. The number of guanidine groups is 1. The lowest BCUT2D eigenvalue weighted by Crippen LogP contribution is -2.24. The van der Waals surface area contributed by atoms with Crippen LogP contribution >= 0.6 is 24.0 Å². The number of aliphatic imine (C=N–C) groups is 1. The molecule has 0 saturated heterocycles. The van der Waals surface area contributed by atoms with E-state index in [2.05, 4.69) is 35.4 Å². The Labute approximate surface area is 178 Å². The number of nitrogens with one attached hydrogen (secondary N) is 1. The molecule has 1 aliphatic rings. The minimum absolute atomic E-state index is 0. The van der Waals surface area contributed by atoms with Crippen molar-refractivity contribution < 1.29 is 9.47 Å². The zero-order valence-corrected chi connectivity index (χ0v) is 18.2. The zero-order valence-electron chi connectivity index (χ0n) is 15.9. The van der Waals surface area contributed by atoms with Crippen molar-refractivity contribution in [2.24, 2.45) is 16.6 Å². The summed E-state index contributed by atoms with van der Waals surface area (Å²) in [4.78, 5) is 4.44. The van der Waals surface area contributed by atoms with Crippen molar-refractivity contribution in [2.75, 3.05) is 25.6 Å². The lowest BCUT2D eigenvalue weighted by Gasteiger charge is -2.14. The number of hydrogen-bond donors (Lipinski definition) is 2. The van der Waals surface area contributed by atoms with Crippen LogP contribution in [0.1, 0.15) is 24.5 Å². The minimum atomic E-state index is 0. The quantitative estimate of drug-likeness (QED) is 0.353. The summed E-state index contributed by atoms with van der Waals surface area (Å²) in [5, 5.41) is 3.19. The van der Waals surface area contributed by atoms with Crippen molar-refractivity contribution in [2.45, 2.75) is 26.2 Å². The molecule has 3 N–H and O–H groups in total. The fraction of sp³-hybridized carbons (Fsp3) is 0.381. The molecular weight excluding hydrogens is 453 g/mol. The molecule has 3 rings (SSSR count). The fourth-order valence-corrected chi connectivity index (χ4v) is 3.11. The summed E-state index contributed by atoms with van der Waals surface area (Å²) in [6.07, 6.45) is 3.58. The van der Waals surface area contributed by atoms with Gasteiger partial charge in [0.1, 0.15) is 0 Å². The van der Waals surface area contributed by atoms with Gasteiger partial charge in [0, 0.05) is 18.2 Å². The third-order valence-electron chi connectivity index (χ3n) is 4.54. The minimum Gasteiger partial charge on any atom is -0.493 e. The first-order valence-electron chi connectivity index (χ1n) is 9.10. The summed E-state index contributed by atoms with van der Waals surface area (Å²) < 4.78 is 11.1. The summed E-state index contributed by atoms with van der Waals surface area (Å²) in [5.41, 5.74) is 9.90. The number of ether oxygens (including phenoxy) is 2. The predicted octanol–water partition coefficient (Wildman–Crippen LogP) is 4.24. The molecule has 1 unspecified atom stereocenters. The molecule has 0 fully saturated rings. The van der Waals surface area contributed by atoms with Gasteiger partial charge in [-0.3, -0.25) is 4.99 Å². The van der Waals surface area contributed by atoms with Crippen molar-refractivity contribution in [1.82, 2.24) is 0 Å². The number of rotatable bonds is 7. The molecule has 0 spiro atoms. The Morgan fingerprint density at radius 2 is 1.89 bits per heavy atom. The molecule has 0 aromatic heterocycles. The van der Waals surface area contributed by atoms with E-state index in [9.17, 15) is 0 Å². The number of nitrogens with zero attached hydrogens (tertiary/aromatic N) is 1.